The number of carbonyl (C=O) groups excluding carboxylic acids is 1. The van der Waals surface area contributed by atoms with Crippen molar-refractivity contribution in [3.05, 3.63) is 42.2 Å². The summed E-state index contributed by atoms with van der Waals surface area (Å²) in [5.74, 6) is 0.406. The van der Waals surface area contributed by atoms with Crippen LogP contribution in [-0.2, 0) is 4.79 Å². The van der Waals surface area contributed by atoms with Gasteiger partial charge in [-0.15, -0.1) is 0 Å². The quantitative estimate of drug-likeness (QED) is 0.866. The molecular formula is C18H23FN2O. The van der Waals surface area contributed by atoms with E-state index in [1.807, 2.05) is 12.1 Å². The summed E-state index contributed by atoms with van der Waals surface area (Å²) in [5, 5.41) is 3.17. The van der Waals surface area contributed by atoms with Gasteiger partial charge in [-0.25, -0.2) is 4.39 Å². The molecule has 1 heterocycles. The number of rotatable bonds is 4. The fraction of sp³-hybridized carbons (Fsp3) is 0.500. The molecule has 4 heteroatoms. The number of piperidine rings is 1. The SMILES string of the molecule is O=C(C[C@@H]1C=CCC1)NC1CCN(c2ccc(F)cc2)CC1. The number of benzene rings is 1. The summed E-state index contributed by atoms with van der Waals surface area (Å²) < 4.78 is 13.0. The van der Waals surface area contributed by atoms with Crippen molar-refractivity contribution in [1.29, 1.82) is 0 Å². The second-order valence-corrected chi connectivity index (χ2v) is 6.27. The van der Waals surface area contributed by atoms with Gasteiger partial charge in [0, 0.05) is 31.2 Å². The molecule has 1 atom stereocenters. The number of hydrogen-bond acceptors (Lipinski definition) is 2. The molecule has 22 heavy (non-hydrogen) atoms. The number of allylic oxidation sites excluding steroid dienone is 2. The number of anilines is 1. The zero-order valence-corrected chi connectivity index (χ0v) is 12.8. The summed E-state index contributed by atoms with van der Waals surface area (Å²) in [5.41, 5.74) is 1.06. The molecule has 1 aliphatic heterocycles. The van der Waals surface area contributed by atoms with Crippen LogP contribution in [0.4, 0.5) is 10.1 Å². The van der Waals surface area contributed by atoms with E-state index in [-0.39, 0.29) is 17.8 Å². The van der Waals surface area contributed by atoms with Gasteiger partial charge in [-0.2, -0.15) is 0 Å². The van der Waals surface area contributed by atoms with Gasteiger partial charge >= 0.3 is 0 Å². The fourth-order valence-corrected chi connectivity index (χ4v) is 3.32. The first kappa shape index (κ1) is 15.1. The van der Waals surface area contributed by atoms with Crippen LogP contribution in [0.15, 0.2) is 36.4 Å². The van der Waals surface area contributed by atoms with E-state index in [0.717, 1.165) is 44.5 Å². The predicted molar refractivity (Wildman–Crippen MR) is 86.3 cm³/mol. The summed E-state index contributed by atoms with van der Waals surface area (Å²) in [7, 11) is 0. The number of nitrogens with one attached hydrogen (secondary N) is 1. The lowest BCUT2D eigenvalue weighted by Crippen LogP contribution is -2.45. The minimum atomic E-state index is -0.202. The molecule has 0 aromatic heterocycles. The van der Waals surface area contributed by atoms with E-state index in [9.17, 15) is 9.18 Å². The lowest BCUT2D eigenvalue weighted by molar-refractivity contribution is -0.122. The van der Waals surface area contributed by atoms with E-state index in [0.29, 0.717) is 12.3 Å². The second-order valence-electron chi connectivity index (χ2n) is 6.27. The van der Waals surface area contributed by atoms with Crippen molar-refractivity contribution >= 4 is 11.6 Å². The highest BCUT2D eigenvalue weighted by atomic mass is 19.1. The van der Waals surface area contributed by atoms with Crippen LogP contribution < -0.4 is 10.2 Å². The summed E-state index contributed by atoms with van der Waals surface area (Å²) in [6.45, 7) is 1.81. The first-order valence-corrected chi connectivity index (χ1v) is 8.17. The lowest BCUT2D eigenvalue weighted by Gasteiger charge is -2.34. The van der Waals surface area contributed by atoms with Gasteiger partial charge in [0.15, 0.2) is 0 Å². The standard InChI is InChI=1S/C18H23FN2O/c19-15-5-7-17(8-6-15)21-11-9-16(10-12-21)20-18(22)13-14-3-1-2-4-14/h1,3,5-8,14,16H,2,4,9-13H2,(H,20,22)/t14-/m1/s1. The number of nitrogens with zero attached hydrogens (tertiary/aromatic N) is 1. The molecule has 3 rings (SSSR count). The van der Waals surface area contributed by atoms with E-state index in [2.05, 4.69) is 22.4 Å². The first-order chi connectivity index (χ1) is 10.7. The molecule has 0 saturated carbocycles. The Morgan fingerprint density at radius 1 is 1.18 bits per heavy atom. The molecule has 0 unspecified atom stereocenters. The maximum Gasteiger partial charge on any atom is 0.220 e. The van der Waals surface area contributed by atoms with Crippen LogP contribution in [0.1, 0.15) is 32.1 Å². The van der Waals surface area contributed by atoms with Crippen LogP contribution in [0.5, 0.6) is 0 Å². The molecule has 1 N–H and O–H groups in total. The Bertz CT molecular complexity index is 533. The Morgan fingerprint density at radius 2 is 1.91 bits per heavy atom. The third-order valence-electron chi connectivity index (χ3n) is 4.61. The highest BCUT2D eigenvalue weighted by molar-refractivity contribution is 5.76. The average Bonchev–Trinajstić information content (AvgIpc) is 3.02. The molecule has 1 saturated heterocycles. The maximum absolute atomic E-state index is 13.0. The van der Waals surface area contributed by atoms with Crippen LogP contribution in [0, 0.1) is 11.7 Å². The van der Waals surface area contributed by atoms with Crippen LogP contribution in [-0.4, -0.2) is 25.0 Å². The zero-order chi connectivity index (χ0) is 15.4. The van der Waals surface area contributed by atoms with Gasteiger partial charge < -0.3 is 10.2 Å². The van der Waals surface area contributed by atoms with E-state index in [4.69, 9.17) is 0 Å². The monoisotopic (exact) mass is 302 g/mol. The van der Waals surface area contributed by atoms with Crippen LogP contribution in [0.3, 0.4) is 0 Å². The molecule has 0 spiro atoms. The lowest BCUT2D eigenvalue weighted by atomic mass is 10.0. The van der Waals surface area contributed by atoms with Gasteiger partial charge in [-0.1, -0.05) is 12.2 Å². The largest absolute Gasteiger partial charge is 0.371 e. The third kappa shape index (κ3) is 3.87. The van der Waals surface area contributed by atoms with Crippen LogP contribution in [0.2, 0.25) is 0 Å². The number of carbonyl (C=O) groups is 1. The minimum Gasteiger partial charge on any atom is -0.371 e. The molecule has 1 aromatic rings. The fourth-order valence-electron chi connectivity index (χ4n) is 3.32. The van der Waals surface area contributed by atoms with Crippen molar-refractivity contribution in [3.8, 4) is 0 Å². The van der Waals surface area contributed by atoms with E-state index >= 15 is 0 Å². The Hall–Kier alpha value is -1.84. The van der Waals surface area contributed by atoms with Crippen LogP contribution >= 0.6 is 0 Å². The van der Waals surface area contributed by atoms with Crippen LogP contribution in [0.25, 0.3) is 0 Å². The van der Waals surface area contributed by atoms with E-state index in [1.165, 1.54) is 12.1 Å². The van der Waals surface area contributed by atoms with Crippen molar-refractivity contribution in [2.75, 3.05) is 18.0 Å². The number of hydrogen-bond donors (Lipinski definition) is 1. The van der Waals surface area contributed by atoms with Gasteiger partial charge in [0.05, 0.1) is 0 Å². The third-order valence-corrected chi connectivity index (χ3v) is 4.61. The molecule has 3 nitrogen and oxygen atoms in total. The van der Waals surface area contributed by atoms with Crippen molar-refractivity contribution in [1.82, 2.24) is 5.32 Å². The Balaban J connectivity index is 1.44. The molecule has 2 aliphatic rings. The van der Waals surface area contributed by atoms with Crippen molar-refractivity contribution in [2.45, 2.75) is 38.1 Å². The molecule has 1 aromatic carbocycles. The van der Waals surface area contributed by atoms with Gasteiger partial charge in [-0.3, -0.25) is 4.79 Å². The Kier molecular flexibility index (Phi) is 4.76. The predicted octanol–water partition coefficient (Wildman–Crippen LogP) is 3.27. The highest BCUT2D eigenvalue weighted by Gasteiger charge is 2.22. The Morgan fingerprint density at radius 3 is 2.55 bits per heavy atom. The van der Waals surface area contributed by atoms with Gasteiger partial charge in [0.1, 0.15) is 5.82 Å². The topological polar surface area (TPSA) is 32.3 Å². The summed E-state index contributed by atoms with van der Waals surface area (Å²) in [6, 6.07) is 6.91. The van der Waals surface area contributed by atoms with Crippen molar-refractivity contribution < 1.29 is 9.18 Å². The smallest absolute Gasteiger partial charge is 0.220 e. The highest BCUT2D eigenvalue weighted by Crippen LogP contribution is 2.22. The summed E-state index contributed by atoms with van der Waals surface area (Å²) in [6.07, 6.45) is 9.06. The Labute approximate surface area is 131 Å². The molecule has 1 amide bonds. The molecule has 1 aliphatic carbocycles. The van der Waals surface area contributed by atoms with Gasteiger partial charge in [0.2, 0.25) is 5.91 Å². The van der Waals surface area contributed by atoms with E-state index in [1.54, 1.807) is 0 Å². The molecule has 1 fully saturated rings. The molecule has 0 bridgehead atoms. The first-order valence-electron chi connectivity index (χ1n) is 8.17. The zero-order valence-electron chi connectivity index (χ0n) is 12.8. The summed E-state index contributed by atoms with van der Waals surface area (Å²) >= 11 is 0. The van der Waals surface area contributed by atoms with Crippen molar-refractivity contribution in [3.63, 3.8) is 0 Å². The minimum absolute atomic E-state index is 0.178. The second kappa shape index (κ2) is 6.95. The number of amides is 1. The van der Waals surface area contributed by atoms with Gasteiger partial charge in [0.25, 0.3) is 0 Å². The van der Waals surface area contributed by atoms with E-state index < -0.39 is 0 Å². The molecule has 118 valence electrons. The average molecular weight is 302 g/mol. The molecule has 0 radical (unpaired) electrons. The van der Waals surface area contributed by atoms with Gasteiger partial charge in [-0.05, 0) is 55.9 Å². The number of halogens is 1. The normalized spacial score (nSPS) is 22.0. The van der Waals surface area contributed by atoms with Crippen molar-refractivity contribution in [2.24, 2.45) is 5.92 Å². The maximum atomic E-state index is 13.0. The summed E-state index contributed by atoms with van der Waals surface area (Å²) in [4.78, 5) is 14.3. The molecular weight excluding hydrogens is 279 g/mol.